The van der Waals surface area contributed by atoms with Gasteiger partial charge in [-0.25, -0.2) is 4.79 Å². The van der Waals surface area contributed by atoms with Gasteiger partial charge in [-0.05, 0) is 56.5 Å². The van der Waals surface area contributed by atoms with Crippen molar-refractivity contribution in [2.24, 2.45) is 5.92 Å². The van der Waals surface area contributed by atoms with E-state index in [9.17, 15) is 9.59 Å². The molecule has 2 rings (SSSR count). The number of piperidine rings is 1. The lowest BCUT2D eigenvalue weighted by Crippen LogP contribution is -2.40. The number of amides is 3. The van der Waals surface area contributed by atoms with Crippen molar-refractivity contribution in [3.63, 3.8) is 0 Å². The van der Waals surface area contributed by atoms with Crippen molar-refractivity contribution < 1.29 is 9.59 Å². The summed E-state index contributed by atoms with van der Waals surface area (Å²) in [4.78, 5) is 26.0. The van der Waals surface area contributed by atoms with Gasteiger partial charge in [-0.3, -0.25) is 4.79 Å². The SMILES string of the molecule is CCC(=O)Nc1ccc(C)c(NC(=O)NCCN2CCC(C)CC2)c1. The van der Waals surface area contributed by atoms with E-state index in [-0.39, 0.29) is 11.9 Å². The van der Waals surface area contributed by atoms with E-state index >= 15 is 0 Å². The number of carbonyl (C=O) groups is 2. The largest absolute Gasteiger partial charge is 0.337 e. The van der Waals surface area contributed by atoms with E-state index in [1.807, 2.05) is 19.1 Å². The lowest BCUT2D eigenvalue weighted by molar-refractivity contribution is -0.115. The molecular formula is C19H30N4O2. The van der Waals surface area contributed by atoms with Crippen LogP contribution in [0.15, 0.2) is 18.2 Å². The molecule has 138 valence electrons. The number of benzene rings is 1. The van der Waals surface area contributed by atoms with Crippen LogP contribution in [0.4, 0.5) is 16.2 Å². The molecule has 1 saturated heterocycles. The first-order valence-corrected chi connectivity index (χ1v) is 9.15. The Morgan fingerprint density at radius 2 is 1.92 bits per heavy atom. The number of nitrogens with one attached hydrogen (secondary N) is 3. The second-order valence-corrected chi connectivity index (χ2v) is 6.84. The Bertz CT molecular complexity index is 595. The number of anilines is 2. The number of aryl methyl sites for hydroxylation is 1. The molecule has 3 N–H and O–H groups in total. The summed E-state index contributed by atoms with van der Waals surface area (Å²) in [6.45, 7) is 9.76. The summed E-state index contributed by atoms with van der Waals surface area (Å²) in [5, 5.41) is 8.58. The van der Waals surface area contributed by atoms with Crippen molar-refractivity contribution >= 4 is 23.3 Å². The predicted molar refractivity (Wildman–Crippen MR) is 102 cm³/mol. The quantitative estimate of drug-likeness (QED) is 0.740. The first-order valence-electron chi connectivity index (χ1n) is 9.15. The molecule has 0 radical (unpaired) electrons. The van der Waals surface area contributed by atoms with Crippen molar-refractivity contribution in [1.82, 2.24) is 10.2 Å². The summed E-state index contributed by atoms with van der Waals surface area (Å²) in [5.74, 6) is 0.770. The fraction of sp³-hybridized carbons (Fsp3) is 0.579. The summed E-state index contributed by atoms with van der Waals surface area (Å²) in [5.41, 5.74) is 2.35. The van der Waals surface area contributed by atoms with Crippen LogP contribution in [0.1, 0.15) is 38.7 Å². The highest BCUT2D eigenvalue weighted by molar-refractivity contribution is 5.94. The zero-order chi connectivity index (χ0) is 18.2. The smallest absolute Gasteiger partial charge is 0.319 e. The number of hydrogen-bond donors (Lipinski definition) is 3. The van der Waals surface area contributed by atoms with E-state index < -0.39 is 0 Å². The van der Waals surface area contributed by atoms with Gasteiger partial charge in [0.2, 0.25) is 5.91 Å². The third kappa shape index (κ3) is 6.38. The standard InChI is InChI=1S/C19H30N4O2/c1-4-18(24)21-16-6-5-15(3)17(13-16)22-19(25)20-9-12-23-10-7-14(2)8-11-23/h5-6,13-14H,4,7-12H2,1-3H3,(H,21,24)(H2,20,22,25). The second-order valence-electron chi connectivity index (χ2n) is 6.84. The highest BCUT2D eigenvalue weighted by atomic mass is 16.2. The van der Waals surface area contributed by atoms with Gasteiger partial charge in [0, 0.05) is 30.9 Å². The third-order valence-electron chi connectivity index (χ3n) is 4.68. The molecule has 1 aromatic carbocycles. The molecule has 0 unspecified atom stereocenters. The molecule has 0 atom stereocenters. The van der Waals surface area contributed by atoms with E-state index in [2.05, 4.69) is 27.8 Å². The number of hydrogen-bond acceptors (Lipinski definition) is 3. The molecular weight excluding hydrogens is 316 g/mol. The van der Waals surface area contributed by atoms with Gasteiger partial charge in [0.05, 0.1) is 0 Å². The predicted octanol–water partition coefficient (Wildman–Crippen LogP) is 3.20. The second kappa shape index (κ2) is 9.42. The van der Waals surface area contributed by atoms with Crippen LogP contribution in [0, 0.1) is 12.8 Å². The molecule has 0 saturated carbocycles. The minimum atomic E-state index is -0.215. The maximum Gasteiger partial charge on any atom is 0.319 e. The highest BCUT2D eigenvalue weighted by Gasteiger charge is 2.15. The average molecular weight is 346 g/mol. The van der Waals surface area contributed by atoms with Crippen molar-refractivity contribution in [1.29, 1.82) is 0 Å². The van der Waals surface area contributed by atoms with Crippen molar-refractivity contribution in [3.8, 4) is 0 Å². The van der Waals surface area contributed by atoms with Gasteiger partial charge in [-0.15, -0.1) is 0 Å². The Morgan fingerprint density at radius 1 is 1.20 bits per heavy atom. The molecule has 6 nitrogen and oxygen atoms in total. The molecule has 6 heteroatoms. The zero-order valence-corrected chi connectivity index (χ0v) is 15.5. The van der Waals surface area contributed by atoms with Crippen LogP contribution in [0.2, 0.25) is 0 Å². The van der Waals surface area contributed by atoms with E-state index in [0.29, 0.717) is 24.3 Å². The van der Waals surface area contributed by atoms with Crippen LogP contribution in [-0.4, -0.2) is 43.0 Å². The Labute approximate surface area is 150 Å². The summed E-state index contributed by atoms with van der Waals surface area (Å²) in [7, 11) is 0. The summed E-state index contributed by atoms with van der Waals surface area (Å²) < 4.78 is 0. The molecule has 0 spiro atoms. The van der Waals surface area contributed by atoms with Crippen LogP contribution in [0.25, 0.3) is 0 Å². The lowest BCUT2D eigenvalue weighted by Gasteiger charge is -2.30. The number of likely N-dealkylation sites (tertiary alicyclic amines) is 1. The molecule has 3 amide bonds. The molecule has 0 bridgehead atoms. The minimum absolute atomic E-state index is 0.0462. The van der Waals surface area contributed by atoms with E-state index in [1.165, 1.54) is 12.8 Å². The van der Waals surface area contributed by atoms with E-state index in [0.717, 1.165) is 31.1 Å². The molecule has 1 aliphatic heterocycles. The number of nitrogens with zero attached hydrogens (tertiary/aromatic N) is 1. The van der Waals surface area contributed by atoms with Crippen molar-refractivity contribution in [3.05, 3.63) is 23.8 Å². The highest BCUT2D eigenvalue weighted by Crippen LogP contribution is 2.20. The topological polar surface area (TPSA) is 73.5 Å². The van der Waals surface area contributed by atoms with E-state index in [4.69, 9.17) is 0 Å². The Morgan fingerprint density at radius 3 is 2.60 bits per heavy atom. The summed E-state index contributed by atoms with van der Waals surface area (Å²) in [6.07, 6.45) is 2.90. The normalized spacial score (nSPS) is 15.6. The maximum atomic E-state index is 12.1. The monoisotopic (exact) mass is 346 g/mol. The van der Waals surface area contributed by atoms with Gasteiger partial charge >= 0.3 is 6.03 Å². The fourth-order valence-corrected chi connectivity index (χ4v) is 2.86. The van der Waals surface area contributed by atoms with Gasteiger partial charge in [0.15, 0.2) is 0 Å². The van der Waals surface area contributed by atoms with Crippen molar-refractivity contribution in [2.75, 3.05) is 36.8 Å². The van der Waals surface area contributed by atoms with Crippen LogP contribution in [0.5, 0.6) is 0 Å². The maximum absolute atomic E-state index is 12.1. The van der Waals surface area contributed by atoms with Gasteiger partial charge in [0.25, 0.3) is 0 Å². The van der Waals surface area contributed by atoms with Gasteiger partial charge in [0.1, 0.15) is 0 Å². The lowest BCUT2D eigenvalue weighted by atomic mass is 9.99. The third-order valence-corrected chi connectivity index (χ3v) is 4.68. The molecule has 25 heavy (non-hydrogen) atoms. The van der Waals surface area contributed by atoms with Crippen LogP contribution in [-0.2, 0) is 4.79 Å². The summed E-state index contributed by atoms with van der Waals surface area (Å²) >= 11 is 0. The molecule has 0 aromatic heterocycles. The molecule has 1 aliphatic rings. The fourth-order valence-electron chi connectivity index (χ4n) is 2.86. The van der Waals surface area contributed by atoms with Crippen LogP contribution >= 0.6 is 0 Å². The van der Waals surface area contributed by atoms with Gasteiger partial charge in [-0.1, -0.05) is 19.9 Å². The molecule has 1 heterocycles. The average Bonchev–Trinajstić information content (AvgIpc) is 2.59. The number of carbonyl (C=O) groups excluding carboxylic acids is 2. The molecule has 1 aromatic rings. The van der Waals surface area contributed by atoms with Gasteiger partial charge < -0.3 is 20.9 Å². The zero-order valence-electron chi connectivity index (χ0n) is 15.5. The minimum Gasteiger partial charge on any atom is -0.337 e. The van der Waals surface area contributed by atoms with Crippen molar-refractivity contribution in [2.45, 2.75) is 40.0 Å². The van der Waals surface area contributed by atoms with Crippen LogP contribution in [0.3, 0.4) is 0 Å². The Kier molecular flexibility index (Phi) is 7.25. The van der Waals surface area contributed by atoms with E-state index in [1.54, 1.807) is 13.0 Å². The first-order chi connectivity index (χ1) is 12.0. The van der Waals surface area contributed by atoms with Gasteiger partial charge in [-0.2, -0.15) is 0 Å². The molecule has 1 fully saturated rings. The van der Waals surface area contributed by atoms with Crippen LogP contribution < -0.4 is 16.0 Å². The Hall–Kier alpha value is -2.08. The first kappa shape index (κ1) is 19.2. The summed E-state index contributed by atoms with van der Waals surface area (Å²) in [6, 6.07) is 5.29. The molecule has 0 aliphatic carbocycles. The Balaban J connectivity index is 1.79. The number of rotatable bonds is 6. The number of urea groups is 1.